The maximum atomic E-state index is 13.6. The van der Waals surface area contributed by atoms with E-state index in [1.165, 1.54) is 10.7 Å². The summed E-state index contributed by atoms with van der Waals surface area (Å²) in [6.07, 6.45) is 1.56. The average Bonchev–Trinajstić information content (AvgIpc) is 3.20. The minimum absolute atomic E-state index is 0.0184. The Balaban J connectivity index is 1.38. The second-order valence-corrected chi connectivity index (χ2v) is 13.1. The van der Waals surface area contributed by atoms with Gasteiger partial charge in [-0.2, -0.15) is 0 Å². The van der Waals surface area contributed by atoms with Crippen LogP contribution in [0.2, 0.25) is 10.0 Å². The molecule has 0 radical (unpaired) electrons. The zero-order chi connectivity index (χ0) is 30.9. The molecule has 0 bridgehead atoms. The molecule has 1 aromatic heterocycles. The second-order valence-electron chi connectivity index (χ2n) is 10.6. The summed E-state index contributed by atoms with van der Waals surface area (Å²) in [6.45, 7) is 4.60. The molecule has 5 rings (SSSR count). The van der Waals surface area contributed by atoms with E-state index in [-0.39, 0.29) is 33.3 Å². The van der Waals surface area contributed by atoms with Crippen molar-refractivity contribution in [1.82, 2.24) is 14.7 Å². The molecule has 1 saturated heterocycles. The molecule has 43 heavy (non-hydrogen) atoms. The molecule has 1 amide bonds. The van der Waals surface area contributed by atoms with Gasteiger partial charge in [-0.25, -0.2) is 13.1 Å². The van der Waals surface area contributed by atoms with Crippen LogP contribution in [0.5, 0.6) is 0 Å². The third-order valence-electron chi connectivity index (χ3n) is 7.71. The topological polar surface area (TPSA) is 111 Å². The van der Waals surface area contributed by atoms with Crippen LogP contribution in [0.1, 0.15) is 46.1 Å². The zero-order valence-electron chi connectivity index (χ0n) is 23.9. The summed E-state index contributed by atoms with van der Waals surface area (Å²) in [5.41, 5.74) is 2.44. The van der Waals surface area contributed by atoms with Crippen LogP contribution in [-0.2, 0) is 21.8 Å². The molecule has 1 aliphatic rings. The predicted molar refractivity (Wildman–Crippen MR) is 168 cm³/mol. The lowest BCUT2D eigenvalue weighted by Gasteiger charge is -2.32. The maximum absolute atomic E-state index is 13.6. The van der Waals surface area contributed by atoms with Crippen molar-refractivity contribution < 1.29 is 17.9 Å². The highest BCUT2D eigenvalue weighted by molar-refractivity contribution is 7.92. The van der Waals surface area contributed by atoms with Crippen LogP contribution in [0.15, 0.2) is 76.4 Å². The largest absolute Gasteiger partial charge is 0.373 e. The fraction of sp³-hybridized carbons (Fsp3) is 0.290. The van der Waals surface area contributed by atoms with Crippen molar-refractivity contribution in [1.29, 1.82) is 0 Å². The first-order chi connectivity index (χ1) is 20.5. The smallest absolute Gasteiger partial charge is 0.296 e. The van der Waals surface area contributed by atoms with Gasteiger partial charge in [0.15, 0.2) is 0 Å². The molecule has 0 aliphatic carbocycles. The molecule has 2 N–H and O–H groups in total. The quantitative estimate of drug-likeness (QED) is 0.252. The number of benzene rings is 3. The van der Waals surface area contributed by atoms with Gasteiger partial charge < -0.3 is 10.1 Å². The Kier molecular flexibility index (Phi) is 9.03. The Morgan fingerprint density at radius 1 is 1.05 bits per heavy atom. The van der Waals surface area contributed by atoms with Gasteiger partial charge >= 0.3 is 0 Å². The molecular formula is C31H32Cl2N4O5S. The second kappa shape index (κ2) is 12.6. The monoisotopic (exact) mass is 642 g/mol. The summed E-state index contributed by atoms with van der Waals surface area (Å²) < 4.78 is 38.5. The number of carbonyl (C=O) groups is 1. The normalized spacial score (nSPS) is 17.0. The van der Waals surface area contributed by atoms with Crippen molar-refractivity contribution >= 4 is 44.8 Å². The van der Waals surface area contributed by atoms with Crippen LogP contribution in [-0.4, -0.2) is 36.8 Å². The van der Waals surface area contributed by atoms with Crippen molar-refractivity contribution in [2.24, 2.45) is 13.0 Å². The van der Waals surface area contributed by atoms with Crippen LogP contribution in [0.25, 0.3) is 5.69 Å². The number of halogens is 2. The highest BCUT2D eigenvalue weighted by atomic mass is 35.5. The molecule has 1 fully saturated rings. The number of sulfonamides is 1. The lowest BCUT2D eigenvalue weighted by Crippen LogP contribution is -2.35. The number of para-hydroxylation sites is 1. The van der Waals surface area contributed by atoms with Crippen molar-refractivity contribution in [3.63, 3.8) is 0 Å². The summed E-state index contributed by atoms with van der Waals surface area (Å²) in [6, 6.07) is 19.4. The van der Waals surface area contributed by atoms with E-state index in [2.05, 4.69) is 10.0 Å². The fourth-order valence-electron chi connectivity index (χ4n) is 5.27. The van der Waals surface area contributed by atoms with Gasteiger partial charge in [-0.05, 0) is 56.5 Å². The molecule has 0 spiro atoms. The number of ether oxygens (including phenoxy) is 1. The number of nitrogens with one attached hydrogen (secondary N) is 2. The van der Waals surface area contributed by atoms with Gasteiger partial charge in [-0.15, -0.1) is 0 Å². The van der Waals surface area contributed by atoms with Crippen LogP contribution < -0.4 is 15.6 Å². The van der Waals surface area contributed by atoms with E-state index in [1.54, 1.807) is 42.9 Å². The molecule has 2 unspecified atom stereocenters. The lowest BCUT2D eigenvalue weighted by atomic mass is 9.89. The van der Waals surface area contributed by atoms with Crippen LogP contribution >= 0.6 is 23.2 Å². The predicted octanol–water partition coefficient (Wildman–Crippen LogP) is 5.80. The number of carbonyl (C=O) groups excluding carboxylic acids is 1. The highest BCUT2D eigenvalue weighted by Gasteiger charge is 2.30. The van der Waals surface area contributed by atoms with Gasteiger partial charge in [0.05, 0.1) is 27.5 Å². The number of aryl methyl sites for hydroxylation is 1. The van der Waals surface area contributed by atoms with Gasteiger partial charge in [-0.1, -0.05) is 71.2 Å². The molecule has 226 valence electrons. The van der Waals surface area contributed by atoms with Gasteiger partial charge in [0.25, 0.3) is 21.5 Å². The molecule has 3 aromatic carbocycles. The van der Waals surface area contributed by atoms with Crippen molar-refractivity contribution in [3.8, 4) is 5.69 Å². The van der Waals surface area contributed by atoms with Gasteiger partial charge in [0.2, 0.25) is 0 Å². The zero-order valence-corrected chi connectivity index (χ0v) is 26.3. The summed E-state index contributed by atoms with van der Waals surface area (Å²) in [5.74, 6) is -0.480. The van der Waals surface area contributed by atoms with Gasteiger partial charge in [-0.3, -0.25) is 19.0 Å². The number of nitrogens with zero attached hydrogens (tertiary/aromatic N) is 2. The number of rotatable bonds is 8. The number of anilines is 1. The number of amides is 1. The van der Waals surface area contributed by atoms with Crippen LogP contribution in [0.4, 0.5) is 5.69 Å². The number of hydrogen-bond donors (Lipinski definition) is 2. The lowest BCUT2D eigenvalue weighted by molar-refractivity contribution is -0.0272. The van der Waals surface area contributed by atoms with Crippen molar-refractivity contribution in [2.45, 2.75) is 37.7 Å². The van der Waals surface area contributed by atoms with E-state index in [1.807, 2.05) is 37.3 Å². The Labute approximate surface area is 260 Å². The molecule has 12 heteroatoms. The highest BCUT2D eigenvalue weighted by Crippen LogP contribution is 2.34. The average molecular weight is 644 g/mol. The van der Waals surface area contributed by atoms with Crippen molar-refractivity contribution in [2.75, 3.05) is 17.9 Å². The summed E-state index contributed by atoms with van der Waals surface area (Å²) in [5, 5.41) is 2.54. The molecule has 0 saturated carbocycles. The van der Waals surface area contributed by atoms with E-state index < -0.39 is 26.4 Å². The minimum Gasteiger partial charge on any atom is -0.373 e. The Bertz CT molecular complexity index is 1820. The van der Waals surface area contributed by atoms with E-state index >= 15 is 0 Å². The molecule has 4 aromatic rings. The molecule has 2 atom stereocenters. The SMILES string of the molecule is Cc1ccc(C2OCCCC2CNC(=O)c2cc(Cl)c(Cl)c(S(=O)(=O)Nc3c(C)n(C)n(-c4ccccc4)c3=O)c2)cc1. The third-order valence-corrected chi connectivity index (χ3v) is 10.0. The molecule has 2 heterocycles. The first kappa shape index (κ1) is 30.9. The Hall–Kier alpha value is -3.57. The summed E-state index contributed by atoms with van der Waals surface area (Å²) >= 11 is 12.7. The number of hydrogen-bond acceptors (Lipinski definition) is 5. The molecule has 1 aliphatic heterocycles. The van der Waals surface area contributed by atoms with E-state index in [0.29, 0.717) is 24.5 Å². The minimum atomic E-state index is -4.43. The fourth-order valence-corrected chi connectivity index (χ4v) is 7.20. The third kappa shape index (κ3) is 6.38. The first-order valence-electron chi connectivity index (χ1n) is 13.8. The summed E-state index contributed by atoms with van der Waals surface area (Å²) in [7, 11) is -2.78. The summed E-state index contributed by atoms with van der Waals surface area (Å²) in [4.78, 5) is 26.2. The first-order valence-corrected chi connectivity index (χ1v) is 16.0. The van der Waals surface area contributed by atoms with E-state index in [4.69, 9.17) is 27.9 Å². The van der Waals surface area contributed by atoms with Crippen LogP contribution in [0.3, 0.4) is 0 Å². The Morgan fingerprint density at radius 2 is 1.74 bits per heavy atom. The van der Waals surface area contributed by atoms with Gasteiger partial charge in [0, 0.05) is 31.7 Å². The van der Waals surface area contributed by atoms with Gasteiger partial charge in [0.1, 0.15) is 10.6 Å². The van der Waals surface area contributed by atoms with E-state index in [9.17, 15) is 18.0 Å². The Morgan fingerprint density at radius 3 is 2.44 bits per heavy atom. The van der Waals surface area contributed by atoms with E-state index in [0.717, 1.165) is 30.0 Å². The standard InChI is InChI=1S/C31H32Cl2N4O5S/c1-19-11-13-21(14-12-19)29-22(8-7-15-42-29)18-34-30(38)23-16-25(32)27(33)26(17-23)43(40,41)35-28-20(2)36(3)37(31(28)39)24-9-5-4-6-10-24/h4-6,9-14,16-17,22,29,35H,7-8,15,18H2,1-3H3,(H,34,38). The number of aromatic nitrogens is 2. The maximum Gasteiger partial charge on any atom is 0.296 e. The molecular weight excluding hydrogens is 611 g/mol. The van der Waals surface area contributed by atoms with Crippen molar-refractivity contribution in [3.05, 3.63) is 110 Å². The van der Waals surface area contributed by atoms with Crippen LogP contribution in [0, 0.1) is 19.8 Å². The molecule has 9 nitrogen and oxygen atoms in total.